The normalized spacial score (nSPS) is 10.1. The van der Waals surface area contributed by atoms with Gasteiger partial charge in [-0.1, -0.05) is 0 Å². The summed E-state index contributed by atoms with van der Waals surface area (Å²) in [6, 6.07) is 0. The fraction of sp³-hybridized carbons (Fsp3) is 0.571. The molecule has 11 heavy (non-hydrogen) atoms. The molecule has 0 bridgehead atoms. The Hall–Kier alpha value is -0.700. The zero-order valence-electron chi connectivity index (χ0n) is 6.63. The average Bonchev–Trinajstić information content (AvgIpc) is 1.85. The first kappa shape index (κ1) is 8.40. The molecular weight excluding hydrogens is 162 g/mol. The van der Waals surface area contributed by atoms with E-state index < -0.39 is 0 Å². The highest BCUT2D eigenvalue weighted by Crippen LogP contribution is 1.96. The van der Waals surface area contributed by atoms with Crippen molar-refractivity contribution in [2.75, 3.05) is 5.88 Å². The highest BCUT2D eigenvalue weighted by Gasteiger charge is 1.98. The number of hydrogen-bond donors (Lipinski definition) is 0. The molecule has 1 aromatic heterocycles. The lowest BCUT2D eigenvalue weighted by atomic mass is 10.4. The number of aryl methyl sites for hydroxylation is 3. The third kappa shape index (κ3) is 2.42. The summed E-state index contributed by atoms with van der Waals surface area (Å²) in [5.41, 5.74) is 0. The van der Waals surface area contributed by atoms with Crippen LogP contribution >= 0.6 is 11.6 Å². The summed E-state index contributed by atoms with van der Waals surface area (Å²) in [7, 11) is 0. The van der Waals surface area contributed by atoms with Crippen LogP contribution in [-0.2, 0) is 6.42 Å². The second kappa shape index (κ2) is 3.62. The molecule has 0 saturated carbocycles. The van der Waals surface area contributed by atoms with E-state index in [1.807, 2.05) is 13.8 Å². The molecule has 0 spiro atoms. The quantitative estimate of drug-likeness (QED) is 0.630. The number of alkyl halides is 1. The SMILES string of the molecule is Cc1nc(C)nc(CCCl)n1. The Morgan fingerprint density at radius 1 is 1.09 bits per heavy atom. The molecule has 1 aromatic rings. The Morgan fingerprint density at radius 2 is 1.64 bits per heavy atom. The number of aromatic nitrogens is 3. The van der Waals surface area contributed by atoms with Crippen molar-refractivity contribution in [1.29, 1.82) is 0 Å². The van der Waals surface area contributed by atoms with Crippen LogP contribution in [0.1, 0.15) is 17.5 Å². The number of halogens is 1. The van der Waals surface area contributed by atoms with Crippen LogP contribution in [0.3, 0.4) is 0 Å². The van der Waals surface area contributed by atoms with E-state index in [0.717, 1.165) is 17.5 Å². The zero-order valence-corrected chi connectivity index (χ0v) is 7.39. The molecule has 0 aliphatic heterocycles. The Bertz CT molecular complexity index is 229. The fourth-order valence-corrected chi connectivity index (χ4v) is 1.05. The molecule has 0 aliphatic rings. The van der Waals surface area contributed by atoms with Gasteiger partial charge in [0.25, 0.3) is 0 Å². The maximum absolute atomic E-state index is 5.54. The van der Waals surface area contributed by atoms with E-state index in [-0.39, 0.29) is 0 Å². The second-order valence-electron chi connectivity index (χ2n) is 2.29. The molecule has 4 heteroatoms. The van der Waals surface area contributed by atoms with Crippen molar-refractivity contribution in [3.8, 4) is 0 Å². The lowest BCUT2D eigenvalue weighted by molar-refractivity contribution is 0.832. The van der Waals surface area contributed by atoms with Gasteiger partial charge in [-0.2, -0.15) is 0 Å². The minimum Gasteiger partial charge on any atom is -0.219 e. The monoisotopic (exact) mass is 171 g/mol. The summed E-state index contributed by atoms with van der Waals surface area (Å²) in [5, 5.41) is 0. The number of hydrogen-bond acceptors (Lipinski definition) is 3. The summed E-state index contributed by atoms with van der Waals surface area (Å²) in [6.45, 7) is 3.71. The Morgan fingerprint density at radius 3 is 2.09 bits per heavy atom. The summed E-state index contributed by atoms with van der Waals surface area (Å²) in [6.07, 6.45) is 0.714. The molecule has 0 saturated heterocycles. The fourth-order valence-electron chi connectivity index (χ4n) is 0.879. The first-order valence-electron chi connectivity index (χ1n) is 3.46. The van der Waals surface area contributed by atoms with Crippen LogP contribution in [0.5, 0.6) is 0 Å². The molecular formula is C7H10ClN3. The first-order valence-corrected chi connectivity index (χ1v) is 4.00. The average molecular weight is 172 g/mol. The molecule has 0 aromatic carbocycles. The largest absolute Gasteiger partial charge is 0.219 e. The third-order valence-corrected chi connectivity index (χ3v) is 1.41. The maximum atomic E-state index is 5.54. The van der Waals surface area contributed by atoms with Gasteiger partial charge in [0.2, 0.25) is 0 Å². The van der Waals surface area contributed by atoms with E-state index in [0.29, 0.717) is 12.3 Å². The van der Waals surface area contributed by atoms with Crippen molar-refractivity contribution in [3.63, 3.8) is 0 Å². The van der Waals surface area contributed by atoms with Gasteiger partial charge in [-0.25, -0.2) is 15.0 Å². The van der Waals surface area contributed by atoms with Crippen LogP contribution in [0.25, 0.3) is 0 Å². The van der Waals surface area contributed by atoms with Gasteiger partial charge in [-0.3, -0.25) is 0 Å². The van der Waals surface area contributed by atoms with E-state index in [1.165, 1.54) is 0 Å². The minimum absolute atomic E-state index is 0.558. The number of rotatable bonds is 2. The van der Waals surface area contributed by atoms with Crippen LogP contribution in [-0.4, -0.2) is 20.8 Å². The van der Waals surface area contributed by atoms with Crippen molar-refractivity contribution in [2.24, 2.45) is 0 Å². The summed E-state index contributed by atoms with van der Waals surface area (Å²) in [4.78, 5) is 12.3. The lowest BCUT2D eigenvalue weighted by Gasteiger charge is -1.98. The van der Waals surface area contributed by atoms with Gasteiger partial charge < -0.3 is 0 Å². The predicted octanol–water partition coefficient (Wildman–Crippen LogP) is 1.27. The highest BCUT2D eigenvalue weighted by atomic mass is 35.5. The highest BCUT2D eigenvalue weighted by molar-refractivity contribution is 6.17. The van der Waals surface area contributed by atoms with Crippen LogP contribution in [0.4, 0.5) is 0 Å². The van der Waals surface area contributed by atoms with Gasteiger partial charge >= 0.3 is 0 Å². The van der Waals surface area contributed by atoms with Gasteiger partial charge in [0, 0.05) is 12.3 Å². The van der Waals surface area contributed by atoms with E-state index >= 15 is 0 Å². The molecule has 60 valence electrons. The first-order chi connectivity index (χ1) is 5.22. The molecule has 0 amide bonds. The standard InChI is InChI=1S/C7H10ClN3/c1-5-9-6(2)11-7(10-5)3-4-8/h3-4H2,1-2H3. The molecule has 0 radical (unpaired) electrons. The van der Waals surface area contributed by atoms with Crippen molar-refractivity contribution >= 4 is 11.6 Å². The molecule has 3 nitrogen and oxygen atoms in total. The second-order valence-corrected chi connectivity index (χ2v) is 2.66. The van der Waals surface area contributed by atoms with Crippen LogP contribution in [0.2, 0.25) is 0 Å². The predicted molar refractivity (Wildman–Crippen MR) is 43.7 cm³/mol. The summed E-state index contributed by atoms with van der Waals surface area (Å²) in [5.74, 6) is 2.86. The van der Waals surface area contributed by atoms with E-state index in [1.54, 1.807) is 0 Å². The number of nitrogens with zero attached hydrogens (tertiary/aromatic N) is 3. The van der Waals surface area contributed by atoms with Crippen LogP contribution in [0.15, 0.2) is 0 Å². The molecule has 0 fully saturated rings. The molecule has 1 rings (SSSR count). The zero-order chi connectivity index (χ0) is 8.27. The Balaban J connectivity index is 2.89. The molecule has 1 heterocycles. The Labute approximate surface area is 70.9 Å². The lowest BCUT2D eigenvalue weighted by Crippen LogP contribution is -2.02. The van der Waals surface area contributed by atoms with Gasteiger partial charge in [-0.05, 0) is 13.8 Å². The Kier molecular flexibility index (Phi) is 2.76. The topological polar surface area (TPSA) is 38.7 Å². The van der Waals surface area contributed by atoms with Crippen molar-refractivity contribution in [1.82, 2.24) is 15.0 Å². The third-order valence-electron chi connectivity index (χ3n) is 1.22. The van der Waals surface area contributed by atoms with Gasteiger partial charge in [0.05, 0.1) is 0 Å². The molecule has 0 atom stereocenters. The minimum atomic E-state index is 0.558. The van der Waals surface area contributed by atoms with E-state index in [2.05, 4.69) is 15.0 Å². The maximum Gasteiger partial charge on any atom is 0.133 e. The van der Waals surface area contributed by atoms with E-state index in [9.17, 15) is 0 Å². The summed E-state index contributed by atoms with van der Waals surface area (Å²) < 4.78 is 0. The molecule has 0 aliphatic carbocycles. The van der Waals surface area contributed by atoms with E-state index in [4.69, 9.17) is 11.6 Å². The molecule has 0 N–H and O–H groups in total. The smallest absolute Gasteiger partial charge is 0.133 e. The van der Waals surface area contributed by atoms with Gasteiger partial charge in [-0.15, -0.1) is 11.6 Å². The summed E-state index contributed by atoms with van der Waals surface area (Å²) >= 11 is 5.54. The van der Waals surface area contributed by atoms with Crippen molar-refractivity contribution in [2.45, 2.75) is 20.3 Å². The van der Waals surface area contributed by atoms with Gasteiger partial charge in [0.15, 0.2) is 0 Å². The van der Waals surface area contributed by atoms with Crippen molar-refractivity contribution < 1.29 is 0 Å². The van der Waals surface area contributed by atoms with Crippen molar-refractivity contribution in [3.05, 3.63) is 17.5 Å². The molecule has 0 unspecified atom stereocenters. The van der Waals surface area contributed by atoms with Gasteiger partial charge in [0.1, 0.15) is 17.5 Å². The van der Waals surface area contributed by atoms with Crippen LogP contribution in [0, 0.1) is 13.8 Å². The van der Waals surface area contributed by atoms with Crippen LogP contribution < -0.4 is 0 Å².